The van der Waals surface area contributed by atoms with Crippen molar-refractivity contribution in [2.24, 2.45) is 0 Å². The van der Waals surface area contributed by atoms with Gasteiger partial charge in [0.2, 0.25) is 0 Å². The van der Waals surface area contributed by atoms with Crippen LogP contribution in [0.4, 0.5) is 5.69 Å². The van der Waals surface area contributed by atoms with Gasteiger partial charge in [0.05, 0.1) is 0 Å². The van der Waals surface area contributed by atoms with Gasteiger partial charge in [0, 0.05) is 34.4 Å². The molecular weight excluding hydrogens is 315 g/mol. The van der Waals surface area contributed by atoms with Gasteiger partial charge in [-0.1, -0.05) is 49.2 Å². The molecular formula is C18H22Cl2N2. The fraction of sp³-hybridized carbons (Fsp3) is 0.333. The number of anilines is 1. The van der Waals surface area contributed by atoms with Crippen LogP contribution in [-0.4, -0.2) is 6.54 Å². The van der Waals surface area contributed by atoms with Crippen molar-refractivity contribution in [3.8, 4) is 0 Å². The molecule has 3 rings (SSSR count). The zero-order chi connectivity index (χ0) is 15.9. The van der Waals surface area contributed by atoms with Gasteiger partial charge in [0.25, 0.3) is 0 Å². The number of hydrogen-bond acceptors (Lipinski definition) is 2. The maximum absolute atomic E-state index is 6.18. The van der Waals surface area contributed by atoms with Gasteiger partial charge in [-0.25, -0.2) is 0 Å². The second-order valence-electron chi connectivity index (χ2n) is 4.96. The Labute approximate surface area is 142 Å². The van der Waals surface area contributed by atoms with Crippen molar-refractivity contribution in [2.45, 2.75) is 33.4 Å². The van der Waals surface area contributed by atoms with Crippen LogP contribution in [0.2, 0.25) is 10.0 Å². The molecule has 2 aromatic rings. The molecule has 1 aliphatic heterocycles. The average Bonchev–Trinajstić information content (AvgIpc) is 2.56. The van der Waals surface area contributed by atoms with Gasteiger partial charge in [0.1, 0.15) is 0 Å². The van der Waals surface area contributed by atoms with Crippen molar-refractivity contribution >= 4 is 28.9 Å². The lowest BCUT2D eigenvalue weighted by Gasteiger charge is -2.18. The molecule has 0 fully saturated rings. The Morgan fingerprint density at radius 1 is 1.05 bits per heavy atom. The number of fused-ring (bicyclic) bond motifs is 1. The molecule has 0 aliphatic carbocycles. The number of halogens is 2. The Balaban J connectivity index is 0.000000847. The van der Waals surface area contributed by atoms with E-state index in [2.05, 4.69) is 28.8 Å². The Bertz CT molecular complexity index is 606. The Morgan fingerprint density at radius 2 is 1.77 bits per heavy atom. The third kappa shape index (κ3) is 4.16. The summed E-state index contributed by atoms with van der Waals surface area (Å²) >= 11 is 12.4. The molecule has 22 heavy (non-hydrogen) atoms. The minimum absolute atomic E-state index is 0.630. The van der Waals surface area contributed by atoms with Crippen LogP contribution < -0.4 is 10.6 Å². The van der Waals surface area contributed by atoms with Gasteiger partial charge in [0.15, 0.2) is 0 Å². The van der Waals surface area contributed by atoms with E-state index in [-0.39, 0.29) is 0 Å². The molecule has 1 heterocycles. The van der Waals surface area contributed by atoms with Gasteiger partial charge in [-0.2, -0.15) is 0 Å². The summed E-state index contributed by atoms with van der Waals surface area (Å²) in [5.74, 6) is 0. The lowest BCUT2D eigenvalue weighted by molar-refractivity contribution is 0.644. The zero-order valence-corrected chi connectivity index (χ0v) is 14.6. The van der Waals surface area contributed by atoms with Crippen molar-refractivity contribution in [1.29, 1.82) is 0 Å². The number of rotatable bonds is 3. The first-order valence-corrected chi connectivity index (χ1v) is 8.49. The van der Waals surface area contributed by atoms with Crippen LogP contribution in [0.25, 0.3) is 0 Å². The highest BCUT2D eigenvalue weighted by molar-refractivity contribution is 6.36. The maximum Gasteiger partial charge on any atom is 0.0470 e. The molecule has 0 atom stereocenters. The largest absolute Gasteiger partial charge is 0.381 e. The van der Waals surface area contributed by atoms with Crippen molar-refractivity contribution in [3.63, 3.8) is 0 Å². The minimum Gasteiger partial charge on any atom is -0.381 e. The van der Waals surface area contributed by atoms with Gasteiger partial charge in [-0.15, -0.1) is 0 Å². The zero-order valence-electron chi connectivity index (χ0n) is 13.0. The van der Waals surface area contributed by atoms with E-state index in [1.54, 1.807) is 0 Å². The first kappa shape index (κ1) is 17.1. The van der Waals surface area contributed by atoms with Crippen molar-refractivity contribution in [3.05, 3.63) is 63.1 Å². The monoisotopic (exact) mass is 336 g/mol. The number of benzene rings is 2. The molecule has 0 amide bonds. The molecule has 0 bridgehead atoms. The van der Waals surface area contributed by atoms with E-state index in [0.29, 0.717) is 16.6 Å². The number of nitrogens with one attached hydrogen (secondary N) is 2. The van der Waals surface area contributed by atoms with E-state index in [1.165, 1.54) is 11.1 Å². The molecule has 2 aromatic carbocycles. The summed E-state index contributed by atoms with van der Waals surface area (Å²) in [5, 5.41) is 8.18. The van der Waals surface area contributed by atoms with E-state index in [0.717, 1.165) is 30.8 Å². The highest BCUT2D eigenvalue weighted by atomic mass is 35.5. The normalized spacial score (nSPS) is 12.9. The van der Waals surface area contributed by atoms with Gasteiger partial charge >= 0.3 is 0 Å². The quantitative estimate of drug-likeness (QED) is 0.796. The van der Waals surface area contributed by atoms with Crippen LogP contribution in [0.1, 0.15) is 30.5 Å². The lowest BCUT2D eigenvalue weighted by atomic mass is 10.0. The third-order valence-electron chi connectivity index (χ3n) is 3.62. The topological polar surface area (TPSA) is 24.1 Å². The maximum atomic E-state index is 6.18. The minimum atomic E-state index is 0.630. The summed E-state index contributed by atoms with van der Waals surface area (Å²) < 4.78 is 0. The molecule has 1 aliphatic rings. The van der Waals surface area contributed by atoms with E-state index >= 15 is 0 Å². The SMILES string of the molecule is CC.Clc1cccc(Cl)c1CNc1ccc2c(c1)CNCC2. The first-order valence-electron chi connectivity index (χ1n) is 7.73. The van der Waals surface area contributed by atoms with E-state index in [9.17, 15) is 0 Å². The molecule has 0 aromatic heterocycles. The molecule has 4 heteroatoms. The molecule has 0 saturated carbocycles. The fourth-order valence-corrected chi connectivity index (χ4v) is 3.01. The summed E-state index contributed by atoms with van der Waals surface area (Å²) in [6, 6.07) is 12.1. The lowest BCUT2D eigenvalue weighted by Crippen LogP contribution is -2.23. The fourth-order valence-electron chi connectivity index (χ4n) is 2.48. The van der Waals surface area contributed by atoms with Crippen LogP contribution in [0.3, 0.4) is 0 Å². The third-order valence-corrected chi connectivity index (χ3v) is 4.33. The predicted octanol–water partition coefficient (Wildman–Crippen LogP) is 5.28. The summed E-state index contributed by atoms with van der Waals surface area (Å²) in [6.07, 6.45) is 1.10. The first-order chi connectivity index (χ1) is 10.7. The molecule has 0 spiro atoms. The average molecular weight is 337 g/mol. The highest BCUT2D eigenvalue weighted by Crippen LogP contribution is 2.26. The molecule has 0 saturated heterocycles. The highest BCUT2D eigenvalue weighted by Gasteiger charge is 2.09. The number of hydrogen-bond donors (Lipinski definition) is 2. The summed E-state index contributed by atoms with van der Waals surface area (Å²) in [5.41, 5.74) is 4.84. The Kier molecular flexibility index (Phi) is 6.56. The van der Waals surface area contributed by atoms with Crippen LogP contribution in [0, 0.1) is 0 Å². The second-order valence-corrected chi connectivity index (χ2v) is 5.78. The second kappa shape index (κ2) is 8.42. The Morgan fingerprint density at radius 3 is 2.50 bits per heavy atom. The smallest absolute Gasteiger partial charge is 0.0470 e. The van der Waals surface area contributed by atoms with Crippen molar-refractivity contribution in [2.75, 3.05) is 11.9 Å². The standard InChI is InChI=1S/C16H16Cl2N2.C2H6/c17-15-2-1-3-16(18)14(15)10-20-13-5-4-11-6-7-19-9-12(11)8-13;1-2/h1-5,8,19-20H,6-7,9-10H2;1-2H3. The predicted molar refractivity (Wildman–Crippen MR) is 97.0 cm³/mol. The van der Waals surface area contributed by atoms with Gasteiger partial charge in [-0.05, 0) is 48.4 Å². The van der Waals surface area contributed by atoms with E-state index in [1.807, 2.05) is 32.0 Å². The molecule has 0 radical (unpaired) electrons. The van der Waals surface area contributed by atoms with E-state index in [4.69, 9.17) is 23.2 Å². The summed E-state index contributed by atoms with van der Waals surface area (Å²) in [6.45, 7) is 6.64. The van der Waals surface area contributed by atoms with Crippen molar-refractivity contribution in [1.82, 2.24) is 5.32 Å². The molecule has 118 valence electrons. The summed E-state index contributed by atoms with van der Waals surface area (Å²) in [7, 11) is 0. The van der Waals surface area contributed by atoms with E-state index < -0.39 is 0 Å². The molecule has 2 nitrogen and oxygen atoms in total. The van der Waals surface area contributed by atoms with Gasteiger partial charge in [-0.3, -0.25) is 0 Å². The van der Waals surface area contributed by atoms with Crippen LogP contribution in [-0.2, 0) is 19.5 Å². The molecule has 0 unspecified atom stereocenters. The molecule has 2 N–H and O–H groups in total. The van der Waals surface area contributed by atoms with Crippen LogP contribution >= 0.6 is 23.2 Å². The summed E-state index contributed by atoms with van der Waals surface area (Å²) in [4.78, 5) is 0. The van der Waals surface area contributed by atoms with Crippen LogP contribution in [0.5, 0.6) is 0 Å². The van der Waals surface area contributed by atoms with Crippen molar-refractivity contribution < 1.29 is 0 Å². The Hall–Kier alpha value is -1.22. The van der Waals surface area contributed by atoms with Gasteiger partial charge < -0.3 is 10.6 Å². The van der Waals surface area contributed by atoms with Crippen LogP contribution in [0.15, 0.2) is 36.4 Å².